The summed E-state index contributed by atoms with van der Waals surface area (Å²) in [5.41, 5.74) is 2.85. The van der Waals surface area contributed by atoms with E-state index >= 15 is 0 Å². The number of hydrogen-bond acceptors (Lipinski definition) is 4. The molecule has 0 radical (unpaired) electrons. The van der Waals surface area contributed by atoms with Crippen LogP contribution in [0.3, 0.4) is 0 Å². The minimum Gasteiger partial charge on any atom is -0.389 e. The van der Waals surface area contributed by atoms with Gasteiger partial charge in [0.05, 0.1) is 23.7 Å². The molecule has 0 saturated heterocycles. The Hall–Kier alpha value is -1.46. The zero-order chi connectivity index (χ0) is 19.0. The lowest BCUT2D eigenvalue weighted by molar-refractivity contribution is -0.300. The van der Waals surface area contributed by atoms with Gasteiger partial charge in [0.15, 0.2) is 5.82 Å². The molecule has 0 aromatic heterocycles. The summed E-state index contributed by atoms with van der Waals surface area (Å²) in [6, 6.07) is 3.43. The fraction of sp³-hybridized carbons (Fsp3) is 0.750. The molecule has 8 rings (SSSR count). The number of hydrogen-bond donors (Lipinski definition) is 2. The maximum absolute atomic E-state index is 10.9. The van der Waals surface area contributed by atoms with Crippen molar-refractivity contribution >= 4 is 0 Å². The van der Waals surface area contributed by atoms with Crippen molar-refractivity contribution in [3.05, 3.63) is 24.3 Å². The Balaban J connectivity index is 0.886. The highest BCUT2D eigenvalue weighted by Gasteiger charge is 2.83. The van der Waals surface area contributed by atoms with E-state index in [2.05, 4.69) is 25.9 Å². The maximum Gasteiger partial charge on any atom is 0.162 e. The largest absolute Gasteiger partial charge is 0.389 e. The minimum absolute atomic E-state index is 0.254. The van der Waals surface area contributed by atoms with E-state index in [1.807, 2.05) is 12.5 Å². The first-order valence-electron chi connectivity index (χ1n) is 12.0. The van der Waals surface area contributed by atoms with Gasteiger partial charge in [-0.25, -0.2) is 9.97 Å². The molecule has 8 aliphatic rings. The number of nitrogens with one attached hydrogen (secondary N) is 1. The van der Waals surface area contributed by atoms with Gasteiger partial charge in [-0.2, -0.15) is 0 Å². The van der Waals surface area contributed by atoms with Crippen LogP contribution in [-0.2, 0) is 0 Å². The van der Waals surface area contributed by atoms with Crippen LogP contribution in [0.5, 0.6) is 0 Å². The summed E-state index contributed by atoms with van der Waals surface area (Å²) in [5, 5.41) is 14.9. The Bertz CT molecular complexity index is 979. The summed E-state index contributed by atoms with van der Waals surface area (Å²) in [6.07, 6.45) is 14.2. The van der Waals surface area contributed by atoms with Gasteiger partial charge in [0.25, 0.3) is 0 Å². The predicted molar refractivity (Wildman–Crippen MR) is 108 cm³/mol. The van der Waals surface area contributed by atoms with Crippen LogP contribution in [-0.4, -0.2) is 37.8 Å². The van der Waals surface area contributed by atoms with E-state index in [4.69, 9.17) is 0 Å². The number of rotatable bonds is 4. The lowest BCUT2D eigenvalue weighted by Crippen LogP contribution is -2.80. The van der Waals surface area contributed by atoms with Gasteiger partial charge in [-0.05, 0) is 93.6 Å². The van der Waals surface area contributed by atoms with Gasteiger partial charge in [-0.15, -0.1) is 0 Å². The molecule has 5 aliphatic carbocycles. The van der Waals surface area contributed by atoms with Crippen molar-refractivity contribution in [1.29, 1.82) is 0 Å². The van der Waals surface area contributed by atoms with E-state index in [1.54, 1.807) is 0 Å². The van der Waals surface area contributed by atoms with Gasteiger partial charge < -0.3 is 15.0 Å². The fourth-order valence-electron chi connectivity index (χ4n) is 9.33. The highest BCUT2D eigenvalue weighted by atomic mass is 16.3. The first kappa shape index (κ1) is 16.3. The number of fused-ring (bicyclic) bond motifs is 4. The average molecular weight is 391 g/mol. The van der Waals surface area contributed by atoms with Gasteiger partial charge in [0.1, 0.15) is 0 Å². The smallest absolute Gasteiger partial charge is 0.162 e. The lowest BCUT2D eigenvalue weighted by Gasteiger charge is -2.74. The minimum atomic E-state index is -0.254. The Morgan fingerprint density at radius 1 is 1.10 bits per heavy atom. The van der Waals surface area contributed by atoms with Crippen LogP contribution in [0.15, 0.2) is 18.6 Å². The summed E-state index contributed by atoms with van der Waals surface area (Å²) in [7, 11) is 0. The number of nitrogens with zero attached hydrogens (tertiary/aromatic N) is 3. The van der Waals surface area contributed by atoms with Gasteiger partial charge >= 0.3 is 0 Å². The Morgan fingerprint density at radius 3 is 2.86 bits per heavy atom. The number of aromatic nitrogens is 3. The van der Waals surface area contributed by atoms with Crippen molar-refractivity contribution in [1.82, 2.24) is 19.9 Å². The normalized spacial score (nSPS) is 50.7. The zero-order valence-electron chi connectivity index (χ0n) is 16.9. The van der Waals surface area contributed by atoms with Crippen LogP contribution in [0.4, 0.5) is 0 Å². The third-order valence-corrected chi connectivity index (χ3v) is 10.5. The van der Waals surface area contributed by atoms with Gasteiger partial charge in [-0.3, -0.25) is 0 Å². The second-order valence-corrected chi connectivity index (χ2v) is 11.4. The van der Waals surface area contributed by atoms with E-state index in [9.17, 15) is 5.11 Å². The molecule has 5 saturated carbocycles. The van der Waals surface area contributed by atoms with E-state index < -0.39 is 0 Å². The van der Waals surface area contributed by atoms with Crippen molar-refractivity contribution in [3.8, 4) is 11.4 Å². The molecular formula is C24H30N4O. The highest BCUT2D eigenvalue weighted by Crippen LogP contribution is 2.82. The van der Waals surface area contributed by atoms with Crippen LogP contribution >= 0.6 is 0 Å². The van der Waals surface area contributed by atoms with Gasteiger partial charge in [0.2, 0.25) is 0 Å². The summed E-state index contributed by atoms with van der Waals surface area (Å²) >= 11 is 0. The molecule has 0 aromatic rings. The van der Waals surface area contributed by atoms with E-state index in [-0.39, 0.29) is 5.60 Å². The van der Waals surface area contributed by atoms with Gasteiger partial charge in [-0.1, -0.05) is 0 Å². The van der Waals surface area contributed by atoms with Crippen molar-refractivity contribution in [3.63, 3.8) is 0 Å². The molecule has 3 aliphatic heterocycles. The lowest BCUT2D eigenvalue weighted by atomic mass is 9.34. The van der Waals surface area contributed by atoms with Crippen molar-refractivity contribution in [2.24, 2.45) is 35.0 Å². The predicted octanol–water partition coefficient (Wildman–Crippen LogP) is 3.23. The van der Waals surface area contributed by atoms with Crippen LogP contribution in [0, 0.1) is 35.0 Å². The molecule has 5 nitrogen and oxygen atoms in total. The SMILES string of the molecule is OC12CC3CC4C(NCC5CCC(C6c7c8ccnc-8ncn76)CC5)C(C1)C42C3. The zero-order valence-corrected chi connectivity index (χ0v) is 16.9. The summed E-state index contributed by atoms with van der Waals surface area (Å²) < 4.78 is 2.38. The Kier molecular flexibility index (Phi) is 2.83. The Labute approximate surface area is 171 Å². The molecule has 2 bridgehead atoms. The maximum atomic E-state index is 10.9. The molecule has 152 valence electrons. The molecule has 5 fully saturated rings. The average Bonchev–Trinajstić information content (AvgIpc) is 3.02. The van der Waals surface area contributed by atoms with Crippen LogP contribution in [0.1, 0.15) is 63.1 Å². The van der Waals surface area contributed by atoms with Crippen LogP contribution in [0.2, 0.25) is 0 Å². The van der Waals surface area contributed by atoms with E-state index in [0.717, 1.165) is 48.3 Å². The molecule has 3 heterocycles. The second kappa shape index (κ2) is 5.05. The molecule has 29 heavy (non-hydrogen) atoms. The molecule has 0 amide bonds. The molecule has 7 atom stereocenters. The first-order chi connectivity index (χ1) is 14.2. The molecule has 2 N–H and O–H groups in total. The van der Waals surface area contributed by atoms with Crippen LogP contribution in [0.25, 0.3) is 11.4 Å². The summed E-state index contributed by atoms with van der Waals surface area (Å²) in [4.78, 5) is 8.86. The van der Waals surface area contributed by atoms with Crippen molar-refractivity contribution in [2.45, 2.75) is 69.1 Å². The molecule has 0 aromatic carbocycles. The van der Waals surface area contributed by atoms with E-state index in [1.165, 1.54) is 56.3 Å². The third kappa shape index (κ3) is 1.79. The summed E-state index contributed by atoms with van der Waals surface area (Å²) in [5.74, 6) is 4.93. The Morgan fingerprint density at radius 2 is 2.00 bits per heavy atom. The van der Waals surface area contributed by atoms with Crippen molar-refractivity contribution < 1.29 is 5.11 Å². The quantitative estimate of drug-likeness (QED) is 0.841. The highest BCUT2D eigenvalue weighted by molar-refractivity contribution is 5.64. The molecule has 1 spiro atoms. The molecule has 5 heteroatoms. The monoisotopic (exact) mass is 390 g/mol. The molecular weight excluding hydrogens is 360 g/mol. The topological polar surface area (TPSA) is 63.0 Å². The second-order valence-electron chi connectivity index (χ2n) is 11.4. The standard InChI is InChI=1S/C24H30N4O/c29-23-8-14-7-17-19(18(10-23)24(17,23)9-14)26-11-13-1-3-15(4-2-13)20-21-16-5-6-25-22(16)27-12-28(20)21/h5-6,12-15,17-20,26,29H,1-4,7-11H2. The molecule has 7 unspecified atom stereocenters. The fourth-order valence-corrected chi connectivity index (χ4v) is 9.33. The third-order valence-electron chi connectivity index (χ3n) is 10.5. The number of aliphatic hydroxyl groups is 1. The van der Waals surface area contributed by atoms with Crippen molar-refractivity contribution in [2.75, 3.05) is 6.54 Å². The van der Waals surface area contributed by atoms with Gasteiger partial charge in [0, 0.05) is 23.2 Å². The van der Waals surface area contributed by atoms with Crippen LogP contribution < -0.4 is 5.32 Å². The van der Waals surface area contributed by atoms with E-state index in [0.29, 0.717) is 17.5 Å². The summed E-state index contributed by atoms with van der Waals surface area (Å²) in [6.45, 7) is 1.20. The first-order valence-corrected chi connectivity index (χ1v) is 12.0.